The summed E-state index contributed by atoms with van der Waals surface area (Å²) in [5.74, 6) is -0.158. The van der Waals surface area contributed by atoms with Crippen LogP contribution >= 0.6 is 0 Å². The number of carboxylic acids is 1. The van der Waals surface area contributed by atoms with Crippen molar-refractivity contribution in [1.82, 2.24) is 14.9 Å². The topological polar surface area (TPSA) is 75.6 Å². The van der Waals surface area contributed by atoms with Gasteiger partial charge in [0.1, 0.15) is 11.9 Å². The zero-order valence-corrected chi connectivity index (χ0v) is 13.0. The zero-order valence-electron chi connectivity index (χ0n) is 13.0. The lowest BCUT2D eigenvalue weighted by Gasteiger charge is -2.32. The third kappa shape index (κ3) is 3.91. The number of nitrogens with zero attached hydrogens (tertiary/aromatic N) is 3. The van der Waals surface area contributed by atoms with Crippen molar-refractivity contribution in [3.8, 4) is 0 Å². The zero-order chi connectivity index (χ0) is 16.2. The monoisotopic (exact) mass is 313 g/mol. The van der Waals surface area contributed by atoms with E-state index in [9.17, 15) is 4.79 Å². The summed E-state index contributed by atoms with van der Waals surface area (Å²) in [7, 11) is 0. The maximum absolute atomic E-state index is 10.9. The van der Waals surface area contributed by atoms with Crippen molar-refractivity contribution < 1.29 is 14.6 Å². The minimum atomic E-state index is -0.901. The molecule has 0 saturated carbocycles. The molecule has 120 valence electrons. The van der Waals surface area contributed by atoms with Gasteiger partial charge in [-0.3, -0.25) is 4.90 Å². The largest absolute Gasteiger partial charge is 0.478 e. The van der Waals surface area contributed by atoms with E-state index in [4.69, 9.17) is 9.84 Å². The maximum atomic E-state index is 10.9. The molecular weight excluding hydrogens is 294 g/mol. The highest BCUT2D eigenvalue weighted by molar-refractivity contribution is 5.87. The number of hydrogen-bond acceptors (Lipinski definition) is 5. The molecule has 6 heteroatoms. The Labute approximate surface area is 134 Å². The van der Waals surface area contributed by atoms with E-state index in [1.54, 1.807) is 18.3 Å². The Bertz CT molecular complexity index is 688. The Kier molecular flexibility index (Phi) is 4.64. The van der Waals surface area contributed by atoms with Crippen molar-refractivity contribution in [2.24, 2.45) is 0 Å². The van der Waals surface area contributed by atoms with Crippen molar-refractivity contribution in [3.63, 3.8) is 0 Å². The molecule has 1 saturated heterocycles. The van der Waals surface area contributed by atoms with E-state index in [2.05, 4.69) is 14.9 Å². The van der Waals surface area contributed by atoms with Crippen LogP contribution in [0.4, 0.5) is 0 Å². The van der Waals surface area contributed by atoms with E-state index >= 15 is 0 Å². The molecule has 0 radical (unpaired) electrons. The van der Waals surface area contributed by atoms with Crippen LogP contribution in [0.25, 0.3) is 0 Å². The van der Waals surface area contributed by atoms with Crippen LogP contribution in [0.15, 0.2) is 36.5 Å². The Balaban J connectivity index is 1.65. The summed E-state index contributed by atoms with van der Waals surface area (Å²) in [5.41, 5.74) is 2.31. The van der Waals surface area contributed by atoms with E-state index in [1.165, 1.54) is 0 Å². The molecule has 1 aromatic carbocycles. The van der Waals surface area contributed by atoms with Gasteiger partial charge in [-0.2, -0.15) is 0 Å². The summed E-state index contributed by atoms with van der Waals surface area (Å²) in [6, 6.07) is 8.90. The van der Waals surface area contributed by atoms with Crippen LogP contribution in [0.2, 0.25) is 0 Å². The number of carbonyl (C=O) groups is 1. The predicted octanol–water partition coefficient (Wildman–Crippen LogP) is 2.06. The normalized spacial score (nSPS) is 18.7. The highest BCUT2D eigenvalue weighted by Crippen LogP contribution is 2.21. The Morgan fingerprint density at radius 1 is 1.35 bits per heavy atom. The average Bonchev–Trinajstić information content (AvgIpc) is 2.56. The molecule has 0 spiro atoms. The second-order valence-corrected chi connectivity index (χ2v) is 5.63. The van der Waals surface area contributed by atoms with Crippen molar-refractivity contribution in [1.29, 1.82) is 0 Å². The lowest BCUT2D eigenvalue weighted by Crippen LogP contribution is -2.38. The summed E-state index contributed by atoms with van der Waals surface area (Å²) < 4.78 is 5.83. The SMILES string of the molecule is Cc1nccc([C@@H]2CN(Cc3ccc(C(=O)O)cc3)CCO2)n1. The van der Waals surface area contributed by atoms with Crippen LogP contribution < -0.4 is 0 Å². The molecule has 1 aromatic heterocycles. The van der Waals surface area contributed by atoms with Gasteiger partial charge < -0.3 is 9.84 Å². The molecule has 1 fully saturated rings. The molecule has 1 N–H and O–H groups in total. The molecule has 0 unspecified atom stereocenters. The van der Waals surface area contributed by atoms with Gasteiger partial charge in [-0.15, -0.1) is 0 Å². The van der Waals surface area contributed by atoms with E-state index in [-0.39, 0.29) is 6.10 Å². The molecule has 6 nitrogen and oxygen atoms in total. The van der Waals surface area contributed by atoms with Crippen LogP contribution in [0.3, 0.4) is 0 Å². The second kappa shape index (κ2) is 6.85. The molecule has 0 amide bonds. The van der Waals surface area contributed by atoms with Gasteiger partial charge in [-0.1, -0.05) is 12.1 Å². The lowest BCUT2D eigenvalue weighted by atomic mass is 10.1. The van der Waals surface area contributed by atoms with Crippen molar-refractivity contribution in [2.75, 3.05) is 19.7 Å². The van der Waals surface area contributed by atoms with Gasteiger partial charge in [0.15, 0.2) is 0 Å². The molecule has 2 aromatic rings. The molecule has 0 bridgehead atoms. The number of morpholine rings is 1. The number of aromatic carboxylic acids is 1. The predicted molar refractivity (Wildman–Crippen MR) is 84.1 cm³/mol. The first-order chi connectivity index (χ1) is 11.1. The Morgan fingerprint density at radius 3 is 2.83 bits per heavy atom. The summed E-state index contributed by atoms with van der Waals surface area (Å²) in [6.45, 7) is 4.90. The van der Waals surface area contributed by atoms with Crippen molar-refractivity contribution >= 4 is 5.97 Å². The first kappa shape index (κ1) is 15.6. The fraction of sp³-hybridized carbons (Fsp3) is 0.353. The van der Waals surface area contributed by atoms with Crippen LogP contribution in [0.1, 0.15) is 33.5 Å². The number of ether oxygens (including phenoxy) is 1. The molecule has 1 atom stereocenters. The van der Waals surface area contributed by atoms with E-state index in [1.807, 2.05) is 25.1 Å². The standard InChI is InChI=1S/C17H19N3O3/c1-12-18-7-6-15(19-12)16-11-20(8-9-23-16)10-13-2-4-14(5-3-13)17(21)22/h2-7,16H,8-11H2,1H3,(H,21,22)/t16-/m0/s1. The van der Waals surface area contributed by atoms with Gasteiger partial charge in [0, 0.05) is 25.8 Å². The minimum Gasteiger partial charge on any atom is -0.478 e. The third-order valence-electron chi connectivity index (χ3n) is 3.89. The Morgan fingerprint density at radius 2 is 2.13 bits per heavy atom. The average molecular weight is 313 g/mol. The van der Waals surface area contributed by atoms with E-state index in [0.717, 1.165) is 36.7 Å². The lowest BCUT2D eigenvalue weighted by molar-refractivity contribution is -0.0351. The van der Waals surface area contributed by atoms with Gasteiger partial charge in [-0.05, 0) is 30.7 Å². The highest BCUT2D eigenvalue weighted by Gasteiger charge is 2.23. The molecule has 1 aliphatic heterocycles. The molecule has 23 heavy (non-hydrogen) atoms. The number of rotatable bonds is 4. The van der Waals surface area contributed by atoms with Gasteiger partial charge in [-0.25, -0.2) is 14.8 Å². The second-order valence-electron chi connectivity index (χ2n) is 5.63. The Hall–Kier alpha value is -2.31. The highest BCUT2D eigenvalue weighted by atomic mass is 16.5. The number of aromatic nitrogens is 2. The van der Waals surface area contributed by atoms with Gasteiger partial charge in [0.25, 0.3) is 0 Å². The maximum Gasteiger partial charge on any atom is 0.335 e. The summed E-state index contributed by atoms with van der Waals surface area (Å²) in [4.78, 5) is 21.7. The third-order valence-corrected chi connectivity index (χ3v) is 3.89. The molecule has 2 heterocycles. The van der Waals surface area contributed by atoms with Crippen molar-refractivity contribution in [3.05, 3.63) is 59.2 Å². The van der Waals surface area contributed by atoms with Crippen LogP contribution in [0.5, 0.6) is 0 Å². The number of carboxylic acid groups (broad SMARTS) is 1. The van der Waals surface area contributed by atoms with Crippen LogP contribution in [0, 0.1) is 6.92 Å². The van der Waals surface area contributed by atoms with E-state index < -0.39 is 5.97 Å². The van der Waals surface area contributed by atoms with Gasteiger partial charge in [0.2, 0.25) is 0 Å². The quantitative estimate of drug-likeness (QED) is 0.931. The fourth-order valence-corrected chi connectivity index (χ4v) is 2.69. The molecule has 0 aliphatic carbocycles. The van der Waals surface area contributed by atoms with Gasteiger partial charge in [0.05, 0.1) is 17.9 Å². The number of aryl methyl sites for hydroxylation is 1. The first-order valence-corrected chi connectivity index (χ1v) is 7.57. The van der Waals surface area contributed by atoms with Gasteiger partial charge >= 0.3 is 5.97 Å². The fourth-order valence-electron chi connectivity index (χ4n) is 2.69. The summed E-state index contributed by atoms with van der Waals surface area (Å²) in [5, 5.41) is 8.94. The molecule has 1 aliphatic rings. The summed E-state index contributed by atoms with van der Waals surface area (Å²) >= 11 is 0. The number of hydrogen-bond donors (Lipinski definition) is 1. The van der Waals surface area contributed by atoms with Crippen molar-refractivity contribution in [2.45, 2.75) is 19.6 Å². The first-order valence-electron chi connectivity index (χ1n) is 7.57. The van der Waals surface area contributed by atoms with Crippen LogP contribution in [-0.4, -0.2) is 45.6 Å². The summed E-state index contributed by atoms with van der Waals surface area (Å²) in [6.07, 6.45) is 1.70. The van der Waals surface area contributed by atoms with E-state index in [0.29, 0.717) is 12.2 Å². The molecule has 3 rings (SSSR count). The molecular formula is C17H19N3O3. The van der Waals surface area contributed by atoms with Crippen LogP contribution in [-0.2, 0) is 11.3 Å². The minimum absolute atomic E-state index is 0.0521. The number of benzene rings is 1. The smallest absolute Gasteiger partial charge is 0.335 e.